The Kier molecular flexibility index (Phi) is 1.59. The minimum Gasteiger partial charge on any atom is -0.350 e. The molecule has 13 heavy (non-hydrogen) atoms. The summed E-state index contributed by atoms with van der Waals surface area (Å²) < 4.78 is 0. The summed E-state index contributed by atoms with van der Waals surface area (Å²) in [7, 11) is 0. The van der Waals surface area contributed by atoms with Gasteiger partial charge in [0.15, 0.2) is 0 Å². The number of benzene rings is 1. The van der Waals surface area contributed by atoms with Crippen LogP contribution in [-0.4, -0.2) is 16.3 Å². The fraction of sp³-hybridized carbons (Fsp3) is 0. The number of hydrogen-bond donors (Lipinski definition) is 3. The molecule has 0 radical (unpaired) electrons. The summed E-state index contributed by atoms with van der Waals surface area (Å²) >= 11 is 0. The summed E-state index contributed by atoms with van der Waals surface area (Å²) in [6.07, 6.45) is 0. The third-order valence-corrected chi connectivity index (χ3v) is 1.55. The highest BCUT2D eigenvalue weighted by atomic mass is 16.7. The zero-order chi connectivity index (χ0) is 9.26. The molecule has 0 aliphatic heterocycles. The maximum absolute atomic E-state index is 6.93. The molecule has 0 atom stereocenters. The van der Waals surface area contributed by atoms with Crippen LogP contribution in [0.25, 0.3) is 11.0 Å². The van der Waals surface area contributed by atoms with E-state index in [0.717, 1.165) is 11.0 Å². The second kappa shape index (κ2) is 2.74. The standard InChI is InChI=1S/C7H7N5O/c8-7(9)13-12-6-4-2-1-3-5(6)10-11-12/h1-4H,(H3,8,9)/p+1. The number of aromatic amines is 1. The van der Waals surface area contributed by atoms with E-state index in [2.05, 4.69) is 10.3 Å². The molecule has 66 valence electrons. The van der Waals surface area contributed by atoms with Gasteiger partial charge in [0.2, 0.25) is 5.52 Å². The van der Waals surface area contributed by atoms with Crippen LogP contribution in [0.2, 0.25) is 0 Å². The Morgan fingerprint density at radius 1 is 1.54 bits per heavy atom. The van der Waals surface area contributed by atoms with Crippen LogP contribution in [0.15, 0.2) is 24.3 Å². The van der Waals surface area contributed by atoms with Gasteiger partial charge in [-0.2, -0.15) is 0 Å². The average Bonchev–Trinajstić information content (AvgIpc) is 2.48. The molecule has 1 aromatic carbocycles. The smallest absolute Gasteiger partial charge is 0.336 e. The first kappa shape index (κ1) is 7.53. The Labute approximate surface area is 73.4 Å². The van der Waals surface area contributed by atoms with Crippen LogP contribution in [0.3, 0.4) is 0 Å². The van der Waals surface area contributed by atoms with Gasteiger partial charge in [0.1, 0.15) is 0 Å². The molecule has 0 aliphatic carbocycles. The average molecular weight is 178 g/mol. The molecular formula is C7H8N5O+. The Morgan fingerprint density at radius 3 is 3.08 bits per heavy atom. The Morgan fingerprint density at radius 2 is 2.31 bits per heavy atom. The second-order valence-corrected chi connectivity index (χ2v) is 2.45. The number of nitrogens with one attached hydrogen (secondary N) is 2. The molecule has 0 spiro atoms. The predicted octanol–water partition coefficient (Wildman–Crippen LogP) is -0.828. The maximum atomic E-state index is 6.93. The van der Waals surface area contributed by atoms with E-state index in [1.807, 2.05) is 24.3 Å². The molecule has 2 rings (SSSR count). The minimum atomic E-state index is -0.389. The summed E-state index contributed by atoms with van der Waals surface area (Å²) in [5.41, 5.74) is 6.55. The summed E-state index contributed by atoms with van der Waals surface area (Å²) in [6, 6.07) is 6.95. The number of nitrogens with two attached hydrogens (primary N) is 1. The van der Waals surface area contributed by atoms with E-state index < -0.39 is 0 Å². The Balaban J connectivity index is 2.51. The van der Waals surface area contributed by atoms with E-state index in [0.29, 0.717) is 0 Å². The number of aromatic nitrogens is 3. The predicted molar refractivity (Wildman–Crippen MR) is 44.8 cm³/mol. The molecule has 0 saturated carbocycles. The minimum absolute atomic E-state index is 0.389. The molecule has 0 amide bonds. The molecule has 6 heteroatoms. The van der Waals surface area contributed by atoms with Gasteiger partial charge in [-0.25, -0.2) is 10.2 Å². The van der Waals surface area contributed by atoms with Gasteiger partial charge in [0.05, 0.1) is 0 Å². The van der Waals surface area contributed by atoms with Gasteiger partial charge in [-0.05, 0) is 17.3 Å². The van der Waals surface area contributed by atoms with Gasteiger partial charge in [0.25, 0.3) is 5.52 Å². The maximum Gasteiger partial charge on any atom is 0.336 e. The van der Waals surface area contributed by atoms with Crippen molar-refractivity contribution in [3.63, 3.8) is 0 Å². The highest BCUT2D eigenvalue weighted by molar-refractivity contribution is 5.70. The summed E-state index contributed by atoms with van der Waals surface area (Å²) in [5.74, 6) is 0. The second-order valence-electron chi connectivity index (χ2n) is 2.45. The van der Waals surface area contributed by atoms with Crippen molar-refractivity contribution >= 4 is 17.1 Å². The highest BCUT2D eigenvalue weighted by Gasteiger charge is 2.13. The SMILES string of the molecule is N=C(N)O[n+]1[nH]nc2ccccc21. The van der Waals surface area contributed by atoms with Crippen LogP contribution in [-0.2, 0) is 0 Å². The van der Waals surface area contributed by atoms with Crippen LogP contribution >= 0.6 is 0 Å². The van der Waals surface area contributed by atoms with Crippen molar-refractivity contribution in [2.45, 2.75) is 0 Å². The molecule has 6 nitrogen and oxygen atoms in total. The molecule has 1 aromatic heterocycles. The van der Waals surface area contributed by atoms with Crippen LogP contribution in [0.1, 0.15) is 0 Å². The Bertz CT molecular complexity index is 449. The lowest BCUT2D eigenvalue weighted by Gasteiger charge is -1.92. The molecule has 1 heterocycles. The molecule has 2 aromatic rings. The van der Waals surface area contributed by atoms with Gasteiger partial charge in [-0.3, -0.25) is 0 Å². The van der Waals surface area contributed by atoms with Crippen LogP contribution in [0.5, 0.6) is 0 Å². The fourth-order valence-electron chi connectivity index (χ4n) is 1.05. The first-order valence-electron chi connectivity index (χ1n) is 3.65. The van der Waals surface area contributed by atoms with Crippen LogP contribution in [0.4, 0.5) is 0 Å². The first-order chi connectivity index (χ1) is 6.27. The number of rotatable bonds is 1. The number of H-pyrrole nitrogens is 1. The van der Waals surface area contributed by atoms with E-state index in [4.69, 9.17) is 16.0 Å². The summed E-state index contributed by atoms with van der Waals surface area (Å²) in [6.45, 7) is 0. The van der Waals surface area contributed by atoms with E-state index in [1.165, 1.54) is 4.85 Å². The van der Waals surface area contributed by atoms with Crippen LogP contribution in [0, 0.1) is 5.41 Å². The van der Waals surface area contributed by atoms with Gasteiger partial charge < -0.3 is 5.73 Å². The van der Waals surface area contributed by atoms with Gasteiger partial charge >= 0.3 is 6.02 Å². The Hall–Kier alpha value is -2.11. The third-order valence-electron chi connectivity index (χ3n) is 1.55. The van der Waals surface area contributed by atoms with Crippen molar-refractivity contribution in [3.05, 3.63) is 24.3 Å². The molecule has 0 bridgehead atoms. The highest BCUT2D eigenvalue weighted by Crippen LogP contribution is 2.02. The van der Waals surface area contributed by atoms with Crippen molar-refractivity contribution < 1.29 is 9.68 Å². The van der Waals surface area contributed by atoms with Crippen molar-refractivity contribution in [3.8, 4) is 0 Å². The number of fused-ring (bicyclic) bond motifs is 1. The lowest BCUT2D eigenvalue weighted by Crippen LogP contribution is -2.50. The number of amidine groups is 1. The largest absolute Gasteiger partial charge is 0.350 e. The molecule has 0 fully saturated rings. The van der Waals surface area contributed by atoms with Crippen molar-refractivity contribution in [1.82, 2.24) is 10.3 Å². The number of para-hydroxylation sites is 2. The van der Waals surface area contributed by atoms with Gasteiger partial charge in [-0.1, -0.05) is 12.1 Å². The normalized spacial score (nSPS) is 10.2. The third kappa shape index (κ3) is 1.28. The van der Waals surface area contributed by atoms with E-state index in [-0.39, 0.29) is 6.02 Å². The van der Waals surface area contributed by atoms with Crippen LogP contribution < -0.4 is 15.4 Å². The zero-order valence-electron chi connectivity index (χ0n) is 6.69. The number of nitrogens with zero attached hydrogens (tertiary/aromatic N) is 2. The van der Waals surface area contributed by atoms with Crippen molar-refractivity contribution in [1.29, 1.82) is 5.41 Å². The van der Waals surface area contributed by atoms with E-state index >= 15 is 0 Å². The lowest BCUT2D eigenvalue weighted by molar-refractivity contribution is -0.893. The van der Waals surface area contributed by atoms with E-state index in [1.54, 1.807) is 0 Å². The summed E-state index contributed by atoms with van der Waals surface area (Å²) in [5, 5.41) is 13.4. The van der Waals surface area contributed by atoms with E-state index in [9.17, 15) is 0 Å². The summed E-state index contributed by atoms with van der Waals surface area (Å²) in [4.78, 5) is 6.06. The molecule has 4 N–H and O–H groups in total. The number of hydrogen-bond acceptors (Lipinski definition) is 3. The van der Waals surface area contributed by atoms with Crippen molar-refractivity contribution in [2.75, 3.05) is 0 Å². The molecule has 0 unspecified atom stereocenters. The molecule has 0 saturated heterocycles. The topological polar surface area (TPSA) is 91.7 Å². The fourth-order valence-corrected chi connectivity index (χ4v) is 1.05. The quantitative estimate of drug-likeness (QED) is 0.302. The van der Waals surface area contributed by atoms with Gasteiger partial charge in [-0.15, -0.1) is 0 Å². The van der Waals surface area contributed by atoms with Crippen molar-refractivity contribution in [2.24, 2.45) is 5.73 Å². The zero-order valence-corrected chi connectivity index (χ0v) is 6.69. The van der Waals surface area contributed by atoms with Gasteiger partial charge in [0, 0.05) is 9.94 Å². The lowest BCUT2D eigenvalue weighted by atomic mass is 10.3. The first-order valence-corrected chi connectivity index (χ1v) is 3.65. The molecular weight excluding hydrogens is 170 g/mol. The molecule has 0 aliphatic rings. The monoisotopic (exact) mass is 178 g/mol.